The summed E-state index contributed by atoms with van der Waals surface area (Å²) in [5.41, 5.74) is -0.302. The summed E-state index contributed by atoms with van der Waals surface area (Å²) in [6.45, 7) is 6.04. The van der Waals surface area contributed by atoms with Crippen LogP contribution in [0.3, 0.4) is 0 Å². The summed E-state index contributed by atoms with van der Waals surface area (Å²) in [5.74, 6) is -0.703. The fraction of sp³-hybridized carbons (Fsp3) is 0.500. The number of nitrogens with zero attached hydrogens (tertiary/aromatic N) is 1. The fourth-order valence-corrected chi connectivity index (χ4v) is 2.17. The van der Waals surface area contributed by atoms with Gasteiger partial charge in [0.15, 0.2) is 5.78 Å². The molecule has 1 amide bonds. The lowest BCUT2D eigenvalue weighted by molar-refractivity contribution is -0.0265. The molecule has 0 bridgehead atoms. The SMILES string of the molecule is CC(C)(C)OC(=O)N1CCOCC1C(=O)c1ccc(F)cc1. The topological polar surface area (TPSA) is 55.8 Å². The molecule has 1 atom stereocenters. The quantitative estimate of drug-likeness (QED) is 0.788. The Morgan fingerprint density at radius 1 is 1.27 bits per heavy atom. The van der Waals surface area contributed by atoms with E-state index in [9.17, 15) is 14.0 Å². The molecule has 1 aromatic carbocycles. The van der Waals surface area contributed by atoms with Crippen LogP contribution in [0.4, 0.5) is 9.18 Å². The number of benzene rings is 1. The molecule has 1 saturated heterocycles. The molecule has 0 N–H and O–H groups in total. The molecule has 22 heavy (non-hydrogen) atoms. The van der Waals surface area contributed by atoms with Gasteiger partial charge in [0.05, 0.1) is 13.2 Å². The van der Waals surface area contributed by atoms with Gasteiger partial charge in [-0.05, 0) is 45.0 Å². The van der Waals surface area contributed by atoms with Crippen LogP contribution in [0.1, 0.15) is 31.1 Å². The number of morpholine rings is 1. The molecule has 1 fully saturated rings. The molecule has 1 heterocycles. The molecule has 5 nitrogen and oxygen atoms in total. The van der Waals surface area contributed by atoms with Gasteiger partial charge in [-0.3, -0.25) is 9.69 Å². The van der Waals surface area contributed by atoms with E-state index in [2.05, 4.69) is 0 Å². The van der Waals surface area contributed by atoms with Crippen LogP contribution < -0.4 is 0 Å². The molecule has 2 rings (SSSR count). The van der Waals surface area contributed by atoms with Crippen molar-refractivity contribution < 1.29 is 23.5 Å². The molecule has 6 heteroatoms. The molecule has 0 aliphatic carbocycles. The van der Waals surface area contributed by atoms with E-state index in [1.54, 1.807) is 20.8 Å². The zero-order chi connectivity index (χ0) is 16.3. The number of carbonyl (C=O) groups excluding carboxylic acids is 2. The predicted octanol–water partition coefficient (Wildman–Crippen LogP) is 2.64. The average Bonchev–Trinajstić information content (AvgIpc) is 2.45. The number of hydrogen-bond acceptors (Lipinski definition) is 4. The summed E-state index contributed by atoms with van der Waals surface area (Å²) in [6.07, 6.45) is -0.545. The van der Waals surface area contributed by atoms with Crippen LogP contribution in [0.25, 0.3) is 0 Å². The molecule has 1 unspecified atom stereocenters. The lowest BCUT2D eigenvalue weighted by Gasteiger charge is -2.35. The van der Waals surface area contributed by atoms with Crippen molar-refractivity contribution in [3.63, 3.8) is 0 Å². The zero-order valence-electron chi connectivity index (χ0n) is 13.0. The Morgan fingerprint density at radius 2 is 1.91 bits per heavy atom. The number of amides is 1. The first-order valence-corrected chi connectivity index (χ1v) is 7.15. The van der Waals surface area contributed by atoms with Crippen molar-refractivity contribution in [3.8, 4) is 0 Å². The highest BCUT2D eigenvalue weighted by Crippen LogP contribution is 2.18. The number of ketones is 1. The van der Waals surface area contributed by atoms with Crippen molar-refractivity contribution in [2.24, 2.45) is 0 Å². The number of carbonyl (C=O) groups is 2. The summed E-state index contributed by atoms with van der Waals surface area (Å²) in [6, 6.07) is 4.48. The van der Waals surface area contributed by atoms with Crippen molar-refractivity contribution in [3.05, 3.63) is 35.6 Å². The number of rotatable bonds is 2. The summed E-state index contributed by atoms with van der Waals surface area (Å²) in [5, 5.41) is 0. The van der Waals surface area contributed by atoms with Gasteiger partial charge in [-0.2, -0.15) is 0 Å². The monoisotopic (exact) mass is 309 g/mol. The van der Waals surface area contributed by atoms with Crippen LogP contribution in [0, 0.1) is 5.82 Å². The van der Waals surface area contributed by atoms with Crippen LogP contribution in [-0.2, 0) is 9.47 Å². The molecule has 1 aliphatic heterocycles. The van der Waals surface area contributed by atoms with Crippen molar-refractivity contribution in [1.29, 1.82) is 0 Å². The zero-order valence-corrected chi connectivity index (χ0v) is 13.0. The van der Waals surface area contributed by atoms with Crippen LogP contribution in [0.5, 0.6) is 0 Å². The first-order chi connectivity index (χ1) is 10.3. The molecule has 0 radical (unpaired) electrons. The van der Waals surface area contributed by atoms with E-state index in [1.807, 2.05) is 0 Å². The molecule has 0 aromatic heterocycles. The van der Waals surface area contributed by atoms with Gasteiger partial charge in [0.2, 0.25) is 0 Å². The Hall–Kier alpha value is -1.95. The summed E-state index contributed by atoms with van der Waals surface area (Å²) >= 11 is 0. The third kappa shape index (κ3) is 4.04. The van der Waals surface area contributed by atoms with Gasteiger partial charge in [-0.25, -0.2) is 9.18 Å². The highest BCUT2D eigenvalue weighted by molar-refractivity contribution is 6.01. The van der Waals surface area contributed by atoms with E-state index in [0.717, 1.165) is 0 Å². The maximum absolute atomic E-state index is 13.0. The van der Waals surface area contributed by atoms with Crippen LogP contribution in [0.15, 0.2) is 24.3 Å². The van der Waals surface area contributed by atoms with Gasteiger partial charge in [0, 0.05) is 12.1 Å². The maximum Gasteiger partial charge on any atom is 0.411 e. The third-order valence-electron chi connectivity index (χ3n) is 3.19. The highest BCUT2D eigenvalue weighted by atomic mass is 19.1. The summed E-state index contributed by atoms with van der Waals surface area (Å²) in [7, 11) is 0. The third-order valence-corrected chi connectivity index (χ3v) is 3.19. The van der Waals surface area contributed by atoms with Crippen molar-refractivity contribution in [2.45, 2.75) is 32.4 Å². The molecular formula is C16H20FNO4. The minimum Gasteiger partial charge on any atom is -0.444 e. The second kappa shape index (κ2) is 6.44. The molecule has 1 aliphatic rings. The first kappa shape index (κ1) is 16.4. The normalized spacial score (nSPS) is 18.9. The van der Waals surface area contributed by atoms with Gasteiger partial charge >= 0.3 is 6.09 Å². The first-order valence-electron chi connectivity index (χ1n) is 7.15. The second-order valence-electron chi connectivity index (χ2n) is 6.14. The number of ether oxygens (including phenoxy) is 2. The van der Waals surface area contributed by atoms with Crippen molar-refractivity contribution >= 4 is 11.9 Å². The van der Waals surface area contributed by atoms with E-state index < -0.39 is 23.6 Å². The molecular weight excluding hydrogens is 289 g/mol. The smallest absolute Gasteiger partial charge is 0.411 e. The summed E-state index contributed by atoms with van der Waals surface area (Å²) in [4.78, 5) is 26.2. The highest BCUT2D eigenvalue weighted by Gasteiger charge is 2.35. The Labute approximate surface area is 129 Å². The Bertz CT molecular complexity index is 550. The van der Waals surface area contributed by atoms with E-state index in [4.69, 9.17) is 9.47 Å². The molecule has 1 aromatic rings. The average molecular weight is 309 g/mol. The Morgan fingerprint density at radius 3 is 2.50 bits per heavy atom. The van der Waals surface area contributed by atoms with Gasteiger partial charge in [-0.15, -0.1) is 0 Å². The number of hydrogen-bond donors (Lipinski definition) is 0. The van der Waals surface area contributed by atoms with E-state index >= 15 is 0 Å². The summed E-state index contributed by atoms with van der Waals surface area (Å²) < 4.78 is 23.6. The van der Waals surface area contributed by atoms with Crippen molar-refractivity contribution in [1.82, 2.24) is 4.90 Å². The standard InChI is InChI=1S/C16H20FNO4/c1-16(2,3)22-15(20)18-8-9-21-10-13(18)14(19)11-4-6-12(17)7-5-11/h4-7,13H,8-10H2,1-3H3. The second-order valence-corrected chi connectivity index (χ2v) is 6.14. The number of Topliss-reactive ketones (excluding diaryl/α,β-unsaturated/α-hetero) is 1. The van der Waals surface area contributed by atoms with E-state index in [0.29, 0.717) is 12.2 Å². The van der Waals surface area contributed by atoms with Gasteiger partial charge < -0.3 is 9.47 Å². The lowest BCUT2D eigenvalue weighted by Crippen LogP contribution is -2.53. The largest absolute Gasteiger partial charge is 0.444 e. The van der Waals surface area contributed by atoms with Crippen molar-refractivity contribution in [2.75, 3.05) is 19.8 Å². The number of halogens is 1. The van der Waals surface area contributed by atoms with Gasteiger partial charge in [0.25, 0.3) is 0 Å². The van der Waals surface area contributed by atoms with Crippen LogP contribution >= 0.6 is 0 Å². The van der Waals surface area contributed by atoms with Gasteiger partial charge in [0.1, 0.15) is 17.5 Å². The van der Waals surface area contributed by atoms with Gasteiger partial charge in [-0.1, -0.05) is 0 Å². The molecule has 120 valence electrons. The maximum atomic E-state index is 13.0. The molecule has 0 saturated carbocycles. The lowest BCUT2D eigenvalue weighted by atomic mass is 10.0. The van der Waals surface area contributed by atoms with Crippen LogP contribution in [-0.4, -0.2) is 48.2 Å². The minimum atomic E-state index is -0.755. The van der Waals surface area contributed by atoms with E-state index in [1.165, 1.54) is 29.2 Å². The Kier molecular flexibility index (Phi) is 4.81. The van der Waals surface area contributed by atoms with Crippen LogP contribution in [0.2, 0.25) is 0 Å². The van der Waals surface area contributed by atoms with E-state index in [-0.39, 0.29) is 18.9 Å². The minimum absolute atomic E-state index is 0.107. The molecule has 0 spiro atoms. The fourth-order valence-electron chi connectivity index (χ4n) is 2.17. The Balaban J connectivity index is 2.17. The predicted molar refractivity (Wildman–Crippen MR) is 78.3 cm³/mol.